The van der Waals surface area contributed by atoms with Gasteiger partial charge in [-0.2, -0.15) is 0 Å². The van der Waals surface area contributed by atoms with Crippen LogP contribution < -0.4 is 0 Å². The minimum atomic E-state index is -0.462. The van der Waals surface area contributed by atoms with Crippen molar-refractivity contribution in [3.63, 3.8) is 0 Å². The van der Waals surface area contributed by atoms with Crippen molar-refractivity contribution in [1.82, 2.24) is 0 Å². The molecule has 0 amide bonds. The summed E-state index contributed by atoms with van der Waals surface area (Å²) < 4.78 is 0. The predicted octanol–water partition coefficient (Wildman–Crippen LogP) is 9.35. The maximum atomic E-state index is 10.9. The molecule has 0 bridgehead atoms. The third-order valence-corrected chi connectivity index (χ3v) is 10.0. The summed E-state index contributed by atoms with van der Waals surface area (Å²) in [5.41, 5.74) is 0. The first-order valence-electron chi connectivity index (χ1n) is 17.3. The minimum absolute atomic E-state index is 0.0491. The van der Waals surface area contributed by atoms with Crippen LogP contribution in [0.15, 0.2) is 0 Å². The Morgan fingerprint density at radius 1 is 0.385 bits per heavy atom. The van der Waals surface area contributed by atoms with Gasteiger partial charge >= 0.3 is 0 Å². The molecule has 0 rings (SSSR count). The van der Waals surface area contributed by atoms with E-state index in [0.29, 0.717) is 12.8 Å². The lowest BCUT2D eigenvalue weighted by Gasteiger charge is -2.29. The van der Waals surface area contributed by atoms with Gasteiger partial charge in [0.2, 0.25) is 0 Å². The summed E-state index contributed by atoms with van der Waals surface area (Å²) in [4.78, 5) is 0. The molecule has 0 radical (unpaired) electrons. The standard InChI is InChI=1S/C34H70O4S/c1-3-5-7-9-11-13-15-17-19-21-23-25-31(37)33(27-29-35)39-34(28-30-36)32(38)26-24-22-20-18-16-14-12-10-8-6-4-2/h31-38H,3-30H2,1-2H3. The van der Waals surface area contributed by atoms with E-state index in [1.807, 2.05) is 0 Å². The molecule has 0 aliphatic rings. The van der Waals surface area contributed by atoms with Gasteiger partial charge in [0.05, 0.1) is 12.2 Å². The van der Waals surface area contributed by atoms with Gasteiger partial charge in [-0.15, -0.1) is 11.8 Å². The van der Waals surface area contributed by atoms with E-state index >= 15 is 0 Å². The number of aliphatic hydroxyl groups is 4. The molecule has 236 valence electrons. The molecule has 39 heavy (non-hydrogen) atoms. The second kappa shape index (κ2) is 31.1. The fourth-order valence-electron chi connectivity index (χ4n) is 5.59. The molecule has 0 fully saturated rings. The van der Waals surface area contributed by atoms with Crippen molar-refractivity contribution in [1.29, 1.82) is 0 Å². The zero-order valence-electron chi connectivity index (χ0n) is 26.3. The Morgan fingerprint density at radius 2 is 0.641 bits per heavy atom. The molecule has 4 N–H and O–H groups in total. The van der Waals surface area contributed by atoms with Crippen molar-refractivity contribution in [2.24, 2.45) is 0 Å². The number of hydrogen-bond donors (Lipinski definition) is 4. The van der Waals surface area contributed by atoms with E-state index < -0.39 is 12.2 Å². The minimum Gasteiger partial charge on any atom is -0.396 e. The average molecular weight is 575 g/mol. The van der Waals surface area contributed by atoms with Gasteiger partial charge in [-0.25, -0.2) is 0 Å². The molecule has 0 aromatic heterocycles. The highest BCUT2D eigenvalue weighted by molar-refractivity contribution is 8.00. The van der Waals surface area contributed by atoms with Gasteiger partial charge in [0.25, 0.3) is 0 Å². The van der Waals surface area contributed by atoms with Crippen LogP contribution in [0.5, 0.6) is 0 Å². The second-order valence-electron chi connectivity index (χ2n) is 12.0. The van der Waals surface area contributed by atoms with Crippen molar-refractivity contribution in [3.05, 3.63) is 0 Å². The maximum absolute atomic E-state index is 10.9. The fourth-order valence-corrected chi connectivity index (χ4v) is 7.16. The van der Waals surface area contributed by atoms with Crippen LogP contribution in [0.3, 0.4) is 0 Å². The van der Waals surface area contributed by atoms with E-state index in [2.05, 4.69) is 13.8 Å². The summed E-state index contributed by atoms with van der Waals surface area (Å²) in [5.74, 6) is 0. The van der Waals surface area contributed by atoms with E-state index in [1.54, 1.807) is 11.8 Å². The first-order chi connectivity index (χ1) is 19.1. The zero-order valence-corrected chi connectivity index (χ0v) is 27.1. The Kier molecular flexibility index (Phi) is 31.3. The fraction of sp³-hybridized carbons (Fsp3) is 1.00. The van der Waals surface area contributed by atoms with Crippen LogP contribution in [0.1, 0.15) is 181 Å². The molecule has 4 atom stereocenters. The lowest BCUT2D eigenvalue weighted by molar-refractivity contribution is 0.134. The van der Waals surface area contributed by atoms with Gasteiger partial charge in [0.15, 0.2) is 0 Å². The van der Waals surface area contributed by atoms with Crippen molar-refractivity contribution in [3.8, 4) is 0 Å². The molecule has 0 aliphatic carbocycles. The van der Waals surface area contributed by atoms with Crippen molar-refractivity contribution in [2.75, 3.05) is 13.2 Å². The van der Waals surface area contributed by atoms with Crippen LogP contribution >= 0.6 is 11.8 Å². The van der Waals surface area contributed by atoms with Crippen LogP contribution in [0, 0.1) is 0 Å². The molecule has 5 heteroatoms. The molecule has 0 saturated carbocycles. The molecule has 0 aromatic rings. The highest BCUT2D eigenvalue weighted by Crippen LogP contribution is 2.31. The molecule has 0 saturated heterocycles. The summed E-state index contributed by atoms with van der Waals surface area (Å²) in [6, 6.07) is 0. The van der Waals surface area contributed by atoms with Crippen molar-refractivity contribution < 1.29 is 20.4 Å². The Morgan fingerprint density at radius 3 is 0.897 bits per heavy atom. The van der Waals surface area contributed by atoms with Crippen LogP contribution in [-0.4, -0.2) is 56.3 Å². The SMILES string of the molecule is CCCCCCCCCCCCCC(O)C(CCO)SC(CCO)C(O)CCCCCCCCCCCCC. The molecule has 4 unspecified atom stereocenters. The lowest BCUT2D eigenvalue weighted by atomic mass is 10.0. The van der Waals surface area contributed by atoms with Gasteiger partial charge in [-0.05, 0) is 25.7 Å². The molecule has 0 heterocycles. The summed E-state index contributed by atoms with van der Waals surface area (Å²) in [6.45, 7) is 4.62. The highest BCUT2D eigenvalue weighted by Gasteiger charge is 2.27. The molecule has 0 spiro atoms. The number of hydrogen-bond acceptors (Lipinski definition) is 5. The number of unbranched alkanes of at least 4 members (excludes halogenated alkanes) is 20. The van der Waals surface area contributed by atoms with E-state index in [1.165, 1.54) is 116 Å². The van der Waals surface area contributed by atoms with Gasteiger partial charge in [0.1, 0.15) is 0 Å². The van der Waals surface area contributed by atoms with E-state index in [4.69, 9.17) is 0 Å². The zero-order chi connectivity index (χ0) is 28.8. The molecular weight excluding hydrogens is 504 g/mol. The van der Waals surface area contributed by atoms with E-state index in [9.17, 15) is 20.4 Å². The summed E-state index contributed by atoms with van der Waals surface area (Å²) in [5, 5.41) is 40.8. The third-order valence-electron chi connectivity index (χ3n) is 8.24. The summed E-state index contributed by atoms with van der Waals surface area (Å²) in [6.07, 6.45) is 30.1. The maximum Gasteiger partial charge on any atom is 0.0659 e. The van der Waals surface area contributed by atoms with Gasteiger partial charge in [0, 0.05) is 23.7 Å². The second-order valence-corrected chi connectivity index (χ2v) is 13.5. The first kappa shape index (κ1) is 39.2. The molecule has 0 aromatic carbocycles. The Labute approximate surface area is 248 Å². The van der Waals surface area contributed by atoms with Crippen LogP contribution in [-0.2, 0) is 0 Å². The number of rotatable bonds is 32. The van der Waals surface area contributed by atoms with Crippen molar-refractivity contribution >= 4 is 11.8 Å². The average Bonchev–Trinajstić information content (AvgIpc) is 2.93. The van der Waals surface area contributed by atoms with Crippen molar-refractivity contribution in [2.45, 2.75) is 203 Å². The van der Waals surface area contributed by atoms with E-state index in [0.717, 1.165) is 38.5 Å². The monoisotopic (exact) mass is 574 g/mol. The van der Waals surface area contributed by atoms with Crippen LogP contribution in [0.4, 0.5) is 0 Å². The lowest BCUT2D eigenvalue weighted by Crippen LogP contribution is -2.32. The Balaban J connectivity index is 4.11. The largest absolute Gasteiger partial charge is 0.396 e. The number of thioether (sulfide) groups is 1. The Bertz CT molecular complexity index is 424. The molecule has 4 nitrogen and oxygen atoms in total. The summed E-state index contributed by atoms with van der Waals surface area (Å²) in [7, 11) is 0. The third kappa shape index (κ3) is 25.6. The molecule has 0 aliphatic heterocycles. The normalized spacial score (nSPS) is 14.9. The first-order valence-corrected chi connectivity index (χ1v) is 18.3. The predicted molar refractivity (Wildman–Crippen MR) is 173 cm³/mol. The van der Waals surface area contributed by atoms with E-state index in [-0.39, 0.29) is 23.7 Å². The highest BCUT2D eigenvalue weighted by atomic mass is 32.2. The van der Waals surface area contributed by atoms with Crippen LogP contribution in [0.2, 0.25) is 0 Å². The van der Waals surface area contributed by atoms with Gasteiger partial charge in [-0.3, -0.25) is 0 Å². The Hall–Kier alpha value is 0.190. The van der Waals surface area contributed by atoms with Gasteiger partial charge in [-0.1, -0.05) is 155 Å². The summed E-state index contributed by atoms with van der Waals surface area (Å²) >= 11 is 1.60. The molecular formula is C34H70O4S. The topological polar surface area (TPSA) is 80.9 Å². The van der Waals surface area contributed by atoms with Crippen LogP contribution in [0.25, 0.3) is 0 Å². The van der Waals surface area contributed by atoms with Gasteiger partial charge < -0.3 is 20.4 Å². The number of aliphatic hydroxyl groups excluding tert-OH is 4. The smallest absolute Gasteiger partial charge is 0.0659 e. The quantitative estimate of drug-likeness (QED) is 0.0602.